The Bertz CT molecular complexity index is 516. The van der Waals surface area contributed by atoms with E-state index in [0.29, 0.717) is 16.9 Å². The summed E-state index contributed by atoms with van der Waals surface area (Å²) in [4.78, 5) is 14.3. The molecule has 116 valence electrons. The predicted molar refractivity (Wildman–Crippen MR) is 92.2 cm³/mol. The lowest BCUT2D eigenvalue weighted by atomic mass is 10.1. The highest BCUT2D eigenvalue weighted by atomic mass is 32.2. The highest BCUT2D eigenvalue weighted by Crippen LogP contribution is 2.34. The van der Waals surface area contributed by atoms with Gasteiger partial charge in [0, 0.05) is 35.7 Å². The lowest BCUT2D eigenvalue weighted by Gasteiger charge is -2.25. The molecule has 1 aromatic rings. The number of benzene rings is 1. The van der Waals surface area contributed by atoms with Gasteiger partial charge in [0.2, 0.25) is 0 Å². The van der Waals surface area contributed by atoms with Crippen LogP contribution in [-0.4, -0.2) is 36.0 Å². The molecule has 0 radical (unpaired) electrons. The van der Waals surface area contributed by atoms with Crippen LogP contribution >= 0.6 is 11.8 Å². The van der Waals surface area contributed by atoms with E-state index in [0.717, 1.165) is 36.6 Å². The molecule has 1 aromatic carbocycles. The van der Waals surface area contributed by atoms with Crippen molar-refractivity contribution in [2.45, 2.75) is 31.9 Å². The highest BCUT2D eigenvalue weighted by Gasteiger charge is 2.24. The molecule has 0 spiro atoms. The van der Waals surface area contributed by atoms with Crippen LogP contribution < -0.4 is 16.0 Å². The maximum absolute atomic E-state index is 12.0. The molecule has 0 saturated carbocycles. The first-order valence-corrected chi connectivity index (χ1v) is 8.48. The van der Waals surface area contributed by atoms with Crippen LogP contribution in [-0.2, 0) is 0 Å². The Kier molecular flexibility index (Phi) is 5.04. The zero-order valence-electron chi connectivity index (χ0n) is 13.1. The molecule has 1 aliphatic heterocycles. The van der Waals surface area contributed by atoms with E-state index in [1.807, 2.05) is 30.8 Å². The molecule has 3 N–H and O–H groups in total. The number of hydrogen-bond donors (Lipinski definition) is 2. The first-order chi connectivity index (χ1) is 9.93. The Hall–Kier alpha value is -1.36. The Labute approximate surface area is 131 Å². The number of anilines is 2. The monoisotopic (exact) mass is 307 g/mol. The zero-order valence-corrected chi connectivity index (χ0v) is 13.9. The molecule has 0 unspecified atom stereocenters. The van der Waals surface area contributed by atoms with Gasteiger partial charge in [-0.1, -0.05) is 13.8 Å². The van der Waals surface area contributed by atoms with Crippen molar-refractivity contribution in [2.24, 2.45) is 0 Å². The van der Waals surface area contributed by atoms with Crippen molar-refractivity contribution in [1.29, 1.82) is 0 Å². The lowest BCUT2D eigenvalue weighted by Crippen LogP contribution is -2.28. The Balaban J connectivity index is 2.22. The van der Waals surface area contributed by atoms with E-state index in [4.69, 9.17) is 5.73 Å². The Morgan fingerprint density at radius 2 is 2.19 bits per heavy atom. The number of nitrogens with two attached hydrogens (primary N) is 1. The molecule has 2 rings (SSSR count). The molecule has 21 heavy (non-hydrogen) atoms. The first kappa shape index (κ1) is 16.0. The number of nitrogens with zero attached hydrogens (tertiary/aromatic N) is 1. The van der Waals surface area contributed by atoms with Gasteiger partial charge in [-0.15, -0.1) is 0 Å². The van der Waals surface area contributed by atoms with Gasteiger partial charge >= 0.3 is 0 Å². The largest absolute Gasteiger partial charge is 0.397 e. The van der Waals surface area contributed by atoms with Crippen LogP contribution in [0.4, 0.5) is 11.4 Å². The second-order valence-electron chi connectivity index (χ2n) is 5.98. The van der Waals surface area contributed by atoms with Crippen molar-refractivity contribution >= 4 is 29.0 Å². The smallest absolute Gasteiger partial charge is 0.251 e. The maximum Gasteiger partial charge on any atom is 0.251 e. The number of rotatable bonds is 3. The van der Waals surface area contributed by atoms with Crippen LogP contribution in [0.25, 0.3) is 0 Å². The standard InChI is InChI=1S/C16H25N3OS/c1-4-18-15(20)12-5-6-13(17)14(11-12)19-8-7-16(2,3)21-10-9-19/h5-6,11H,4,7-10,17H2,1-3H3,(H,18,20). The fourth-order valence-electron chi connectivity index (χ4n) is 2.48. The molecule has 1 amide bonds. The zero-order chi connectivity index (χ0) is 15.5. The minimum atomic E-state index is -0.0386. The third-order valence-corrected chi connectivity index (χ3v) is 5.18. The quantitative estimate of drug-likeness (QED) is 0.843. The van der Waals surface area contributed by atoms with Crippen molar-refractivity contribution in [3.05, 3.63) is 23.8 Å². The topological polar surface area (TPSA) is 58.4 Å². The van der Waals surface area contributed by atoms with Gasteiger partial charge in [0.15, 0.2) is 0 Å². The van der Waals surface area contributed by atoms with Crippen LogP contribution in [0, 0.1) is 0 Å². The van der Waals surface area contributed by atoms with Gasteiger partial charge in [-0.25, -0.2) is 0 Å². The Morgan fingerprint density at radius 3 is 2.90 bits per heavy atom. The number of carbonyl (C=O) groups is 1. The molecule has 1 fully saturated rings. The minimum absolute atomic E-state index is 0.0386. The highest BCUT2D eigenvalue weighted by molar-refractivity contribution is 8.00. The van der Waals surface area contributed by atoms with Crippen LogP contribution in [0.3, 0.4) is 0 Å². The van der Waals surface area contributed by atoms with Crippen molar-refractivity contribution in [1.82, 2.24) is 5.32 Å². The second kappa shape index (κ2) is 6.60. The molecule has 0 atom stereocenters. The molecular formula is C16H25N3OS. The number of nitrogens with one attached hydrogen (secondary N) is 1. The van der Waals surface area contributed by atoms with E-state index in [1.54, 1.807) is 6.07 Å². The van der Waals surface area contributed by atoms with Crippen molar-refractivity contribution in [3.8, 4) is 0 Å². The number of nitrogen functional groups attached to an aromatic ring is 1. The average molecular weight is 307 g/mol. The normalized spacial score (nSPS) is 18.1. The summed E-state index contributed by atoms with van der Waals surface area (Å²) in [6, 6.07) is 5.55. The molecule has 5 heteroatoms. The van der Waals surface area contributed by atoms with Gasteiger partial charge in [-0.3, -0.25) is 4.79 Å². The van der Waals surface area contributed by atoms with Crippen molar-refractivity contribution in [2.75, 3.05) is 36.0 Å². The van der Waals surface area contributed by atoms with Crippen molar-refractivity contribution in [3.63, 3.8) is 0 Å². The van der Waals surface area contributed by atoms with Gasteiger partial charge in [0.25, 0.3) is 5.91 Å². The fraction of sp³-hybridized carbons (Fsp3) is 0.562. The molecule has 1 aliphatic rings. The summed E-state index contributed by atoms with van der Waals surface area (Å²) < 4.78 is 0.306. The summed E-state index contributed by atoms with van der Waals surface area (Å²) in [5.41, 5.74) is 8.54. The average Bonchev–Trinajstić information content (AvgIpc) is 2.60. The van der Waals surface area contributed by atoms with E-state index < -0.39 is 0 Å². The molecule has 1 heterocycles. The van der Waals surface area contributed by atoms with Gasteiger partial charge in [-0.2, -0.15) is 11.8 Å². The first-order valence-electron chi connectivity index (χ1n) is 7.49. The molecule has 0 bridgehead atoms. The van der Waals surface area contributed by atoms with Crippen molar-refractivity contribution < 1.29 is 4.79 Å². The SMILES string of the molecule is CCNC(=O)c1ccc(N)c(N2CCSC(C)(C)CC2)c1. The van der Waals surface area contributed by atoms with E-state index in [9.17, 15) is 4.79 Å². The summed E-state index contributed by atoms with van der Waals surface area (Å²) in [6.45, 7) is 9.07. The number of amides is 1. The van der Waals surface area contributed by atoms with Crippen LogP contribution in [0.1, 0.15) is 37.6 Å². The summed E-state index contributed by atoms with van der Waals surface area (Å²) in [7, 11) is 0. The molecule has 0 aromatic heterocycles. The van der Waals surface area contributed by atoms with Crippen LogP contribution in [0.2, 0.25) is 0 Å². The lowest BCUT2D eigenvalue weighted by molar-refractivity contribution is 0.0956. The number of carbonyl (C=O) groups excluding carboxylic acids is 1. The summed E-state index contributed by atoms with van der Waals surface area (Å²) in [5, 5.41) is 2.83. The predicted octanol–water partition coefficient (Wildman–Crippen LogP) is 2.74. The van der Waals surface area contributed by atoms with Gasteiger partial charge in [0.05, 0.1) is 11.4 Å². The van der Waals surface area contributed by atoms with Gasteiger partial charge in [0.1, 0.15) is 0 Å². The van der Waals surface area contributed by atoms with E-state index in [2.05, 4.69) is 24.1 Å². The molecule has 1 saturated heterocycles. The second-order valence-corrected chi connectivity index (χ2v) is 7.78. The minimum Gasteiger partial charge on any atom is -0.397 e. The maximum atomic E-state index is 12.0. The molecular weight excluding hydrogens is 282 g/mol. The van der Waals surface area contributed by atoms with Crippen LogP contribution in [0.5, 0.6) is 0 Å². The fourth-order valence-corrected chi connectivity index (χ4v) is 3.58. The summed E-state index contributed by atoms with van der Waals surface area (Å²) in [5.74, 6) is 1.04. The van der Waals surface area contributed by atoms with Crippen LogP contribution in [0.15, 0.2) is 18.2 Å². The van der Waals surface area contributed by atoms with Gasteiger partial charge < -0.3 is 16.0 Å². The van der Waals surface area contributed by atoms with E-state index in [1.165, 1.54) is 0 Å². The third-order valence-electron chi connectivity index (χ3n) is 3.81. The summed E-state index contributed by atoms with van der Waals surface area (Å²) >= 11 is 2.00. The van der Waals surface area contributed by atoms with E-state index in [-0.39, 0.29) is 5.91 Å². The third kappa shape index (κ3) is 4.06. The summed E-state index contributed by atoms with van der Waals surface area (Å²) in [6.07, 6.45) is 1.11. The van der Waals surface area contributed by atoms with E-state index >= 15 is 0 Å². The van der Waals surface area contributed by atoms with Gasteiger partial charge in [-0.05, 0) is 31.5 Å². The number of hydrogen-bond acceptors (Lipinski definition) is 4. The Morgan fingerprint density at radius 1 is 1.43 bits per heavy atom. The molecule has 4 nitrogen and oxygen atoms in total. The molecule has 0 aliphatic carbocycles. The number of thioether (sulfide) groups is 1.